The normalized spacial score (nSPS) is 17.6. The van der Waals surface area contributed by atoms with Crippen LogP contribution in [0.5, 0.6) is 0 Å². The number of hydrogen-bond donors (Lipinski definition) is 1. The van der Waals surface area contributed by atoms with E-state index >= 15 is 0 Å². The van der Waals surface area contributed by atoms with Gasteiger partial charge in [-0.2, -0.15) is 0 Å². The fraction of sp³-hybridized carbons (Fsp3) is 0.353. The van der Waals surface area contributed by atoms with Gasteiger partial charge in [0.15, 0.2) is 11.5 Å². The Morgan fingerprint density at radius 2 is 2.08 bits per heavy atom. The van der Waals surface area contributed by atoms with E-state index in [1.54, 1.807) is 17.0 Å². The third kappa shape index (κ3) is 3.67. The summed E-state index contributed by atoms with van der Waals surface area (Å²) >= 11 is 0. The Morgan fingerprint density at radius 1 is 1.25 bits per heavy atom. The highest BCUT2D eigenvalue weighted by molar-refractivity contribution is 5.92. The Morgan fingerprint density at radius 3 is 2.75 bits per heavy atom. The lowest BCUT2D eigenvalue weighted by atomic mass is 10.00. The summed E-state index contributed by atoms with van der Waals surface area (Å²) in [6.07, 6.45) is 2.12. The van der Waals surface area contributed by atoms with E-state index in [2.05, 4.69) is 22.4 Å². The van der Waals surface area contributed by atoms with Gasteiger partial charge in [-0.15, -0.1) is 10.2 Å². The number of carbonyl (C=O) groups is 1. The maximum absolute atomic E-state index is 13.6. The first-order valence-corrected chi connectivity index (χ1v) is 7.88. The van der Waals surface area contributed by atoms with Gasteiger partial charge in [-0.05, 0) is 43.0 Å². The average molecular weight is 332 g/mol. The van der Waals surface area contributed by atoms with Crippen molar-refractivity contribution in [3.63, 3.8) is 0 Å². The molecule has 1 saturated heterocycles. The Kier molecular flexibility index (Phi) is 4.69. The van der Waals surface area contributed by atoms with Crippen molar-refractivity contribution in [1.82, 2.24) is 15.1 Å². The number of carbonyl (C=O) groups excluding carboxylic acids is 1. The van der Waals surface area contributed by atoms with Crippen LogP contribution in [-0.4, -0.2) is 34.1 Å². The molecule has 1 aromatic heterocycles. The van der Waals surface area contributed by atoms with E-state index in [4.69, 9.17) is 0 Å². The summed E-state index contributed by atoms with van der Waals surface area (Å²) in [5.41, 5.74) is 0.351. The van der Waals surface area contributed by atoms with Crippen LogP contribution in [0.1, 0.15) is 30.3 Å². The van der Waals surface area contributed by atoms with E-state index < -0.39 is 11.6 Å². The zero-order valence-corrected chi connectivity index (χ0v) is 13.3. The topological polar surface area (TPSA) is 58.1 Å². The molecule has 126 valence electrons. The third-order valence-electron chi connectivity index (χ3n) is 4.02. The summed E-state index contributed by atoms with van der Waals surface area (Å²) in [4.78, 5) is 14.2. The van der Waals surface area contributed by atoms with Gasteiger partial charge in [0.25, 0.3) is 5.91 Å². The molecule has 3 rings (SSSR count). The Hall–Kier alpha value is -2.57. The minimum absolute atomic E-state index is 0.0923. The maximum Gasteiger partial charge on any atom is 0.274 e. The Balaban J connectivity index is 1.69. The van der Waals surface area contributed by atoms with Gasteiger partial charge in [0.05, 0.1) is 5.69 Å². The molecule has 0 bridgehead atoms. The molecule has 1 fully saturated rings. The lowest BCUT2D eigenvalue weighted by molar-refractivity contribution is 0.0676. The fourth-order valence-corrected chi connectivity index (χ4v) is 2.78. The van der Waals surface area contributed by atoms with Gasteiger partial charge in [0.1, 0.15) is 11.6 Å². The van der Waals surface area contributed by atoms with Crippen molar-refractivity contribution in [1.29, 1.82) is 0 Å². The molecule has 7 heteroatoms. The molecule has 1 N–H and O–H groups in total. The molecule has 1 unspecified atom stereocenters. The first-order valence-electron chi connectivity index (χ1n) is 7.88. The van der Waals surface area contributed by atoms with Crippen LogP contribution in [0.4, 0.5) is 20.3 Å². The van der Waals surface area contributed by atoms with Crippen LogP contribution < -0.4 is 5.32 Å². The second-order valence-corrected chi connectivity index (χ2v) is 6.05. The molecule has 1 aromatic carbocycles. The minimum Gasteiger partial charge on any atom is -0.337 e. The second kappa shape index (κ2) is 6.90. The third-order valence-corrected chi connectivity index (χ3v) is 4.02. The Bertz CT molecular complexity index is 736. The van der Waals surface area contributed by atoms with Crippen LogP contribution in [0.3, 0.4) is 0 Å². The smallest absolute Gasteiger partial charge is 0.274 e. The van der Waals surface area contributed by atoms with E-state index in [-0.39, 0.29) is 23.1 Å². The number of nitrogens with one attached hydrogen (secondary N) is 1. The quantitative estimate of drug-likeness (QED) is 0.936. The summed E-state index contributed by atoms with van der Waals surface area (Å²) in [7, 11) is 0. The van der Waals surface area contributed by atoms with Crippen LogP contribution in [0.15, 0.2) is 30.3 Å². The molecule has 0 radical (unpaired) electrons. The molecule has 0 aliphatic carbocycles. The van der Waals surface area contributed by atoms with Crippen LogP contribution in [0, 0.1) is 17.6 Å². The van der Waals surface area contributed by atoms with Gasteiger partial charge in [-0.3, -0.25) is 4.79 Å². The summed E-state index contributed by atoms with van der Waals surface area (Å²) in [6, 6.07) is 6.31. The number of amides is 1. The molecule has 2 aromatic rings. The van der Waals surface area contributed by atoms with E-state index in [1.807, 2.05) is 0 Å². The minimum atomic E-state index is -0.723. The summed E-state index contributed by atoms with van der Waals surface area (Å²) < 4.78 is 26.5. The fourth-order valence-electron chi connectivity index (χ4n) is 2.78. The molecule has 1 aliphatic heterocycles. The summed E-state index contributed by atoms with van der Waals surface area (Å²) in [6.45, 7) is 3.57. The molecule has 1 atom stereocenters. The molecule has 0 spiro atoms. The number of halogens is 2. The van der Waals surface area contributed by atoms with Gasteiger partial charge >= 0.3 is 0 Å². The maximum atomic E-state index is 13.6. The first kappa shape index (κ1) is 16.3. The van der Waals surface area contributed by atoms with Crippen molar-refractivity contribution in [2.45, 2.75) is 19.8 Å². The molecule has 1 aliphatic rings. The molecular weight excluding hydrogens is 314 g/mol. The highest BCUT2D eigenvalue weighted by Crippen LogP contribution is 2.20. The van der Waals surface area contributed by atoms with Crippen molar-refractivity contribution in [2.24, 2.45) is 5.92 Å². The van der Waals surface area contributed by atoms with Crippen molar-refractivity contribution < 1.29 is 13.6 Å². The first-order chi connectivity index (χ1) is 11.5. The van der Waals surface area contributed by atoms with Crippen LogP contribution >= 0.6 is 0 Å². The number of rotatable bonds is 3. The number of anilines is 2. The zero-order valence-electron chi connectivity index (χ0n) is 13.3. The molecular formula is C17H18F2N4O. The van der Waals surface area contributed by atoms with Crippen molar-refractivity contribution in [3.8, 4) is 0 Å². The summed E-state index contributed by atoms with van der Waals surface area (Å²) in [5, 5.41) is 10.5. The van der Waals surface area contributed by atoms with Crippen LogP contribution in [0.2, 0.25) is 0 Å². The highest BCUT2D eigenvalue weighted by Gasteiger charge is 2.23. The molecule has 24 heavy (non-hydrogen) atoms. The largest absolute Gasteiger partial charge is 0.337 e. The summed E-state index contributed by atoms with van der Waals surface area (Å²) in [5.74, 6) is -0.754. The zero-order chi connectivity index (χ0) is 17.1. The number of nitrogens with zero attached hydrogens (tertiary/aromatic N) is 3. The van der Waals surface area contributed by atoms with E-state index in [9.17, 15) is 13.6 Å². The molecule has 1 amide bonds. The number of hydrogen-bond acceptors (Lipinski definition) is 4. The SMILES string of the molecule is CC1CCCN(C(=O)c2ccc(Nc3ccc(F)cc3F)nn2)C1. The predicted molar refractivity (Wildman–Crippen MR) is 86.0 cm³/mol. The average Bonchev–Trinajstić information content (AvgIpc) is 2.57. The van der Waals surface area contributed by atoms with Gasteiger partial charge in [-0.1, -0.05) is 6.92 Å². The van der Waals surface area contributed by atoms with Crippen molar-refractivity contribution in [2.75, 3.05) is 18.4 Å². The molecule has 5 nitrogen and oxygen atoms in total. The number of likely N-dealkylation sites (tertiary alicyclic amines) is 1. The van der Waals surface area contributed by atoms with E-state index in [0.717, 1.165) is 38.1 Å². The van der Waals surface area contributed by atoms with Gasteiger partial charge in [0.2, 0.25) is 0 Å². The standard InChI is InChI=1S/C17H18F2N4O/c1-11-3-2-8-23(10-11)17(24)15-6-7-16(22-21-15)20-14-5-4-12(18)9-13(14)19/h4-7,9,11H,2-3,8,10H2,1H3,(H,20,22). The van der Waals surface area contributed by atoms with Crippen LogP contribution in [-0.2, 0) is 0 Å². The van der Waals surface area contributed by atoms with Gasteiger partial charge in [0, 0.05) is 19.2 Å². The number of benzene rings is 1. The van der Waals surface area contributed by atoms with E-state index in [0.29, 0.717) is 5.92 Å². The highest BCUT2D eigenvalue weighted by atomic mass is 19.1. The van der Waals surface area contributed by atoms with E-state index in [1.165, 1.54) is 6.07 Å². The predicted octanol–water partition coefficient (Wildman–Crippen LogP) is 3.37. The number of piperidine rings is 1. The Labute approximate surface area is 138 Å². The van der Waals surface area contributed by atoms with Crippen molar-refractivity contribution >= 4 is 17.4 Å². The van der Waals surface area contributed by atoms with Gasteiger partial charge < -0.3 is 10.2 Å². The monoisotopic (exact) mass is 332 g/mol. The van der Waals surface area contributed by atoms with Crippen molar-refractivity contribution in [3.05, 3.63) is 47.7 Å². The molecule has 0 saturated carbocycles. The van der Waals surface area contributed by atoms with Crippen LogP contribution in [0.25, 0.3) is 0 Å². The molecule has 2 heterocycles. The lowest BCUT2D eigenvalue weighted by Crippen LogP contribution is -2.39. The number of aromatic nitrogens is 2. The second-order valence-electron chi connectivity index (χ2n) is 6.05. The van der Waals surface area contributed by atoms with Gasteiger partial charge in [-0.25, -0.2) is 8.78 Å². The lowest BCUT2D eigenvalue weighted by Gasteiger charge is -2.30.